The third-order valence-corrected chi connectivity index (χ3v) is 5.09. The summed E-state index contributed by atoms with van der Waals surface area (Å²) < 4.78 is 0. The fourth-order valence-corrected chi connectivity index (χ4v) is 3.25. The molecule has 4 amide bonds. The van der Waals surface area contributed by atoms with E-state index in [1.165, 1.54) is 41.2 Å². The smallest absolute Gasteiger partial charge is 0.246 e. The van der Waals surface area contributed by atoms with Gasteiger partial charge in [-0.25, -0.2) is 0 Å². The van der Waals surface area contributed by atoms with Gasteiger partial charge in [-0.05, 0) is 31.8 Å². The van der Waals surface area contributed by atoms with Gasteiger partial charge in [-0.2, -0.15) is 0 Å². The highest BCUT2D eigenvalue weighted by atomic mass is 16.2. The van der Waals surface area contributed by atoms with Crippen LogP contribution in [0.3, 0.4) is 0 Å². The summed E-state index contributed by atoms with van der Waals surface area (Å²) in [6.07, 6.45) is 6.61. The molecule has 9 nitrogen and oxygen atoms in total. The van der Waals surface area contributed by atoms with Crippen LogP contribution in [-0.2, 0) is 24.0 Å². The van der Waals surface area contributed by atoms with E-state index in [9.17, 15) is 24.0 Å². The number of nitrogens with zero attached hydrogens (tertiary/aromatic N) is 2. The topological polar surface area (TPSA) is 116 Å². The molecule has 0 aromatic heterocycles. The van der Waals surface area contributed by atoms with Crippen LogP contribution in [0.25, 0.3) is 0 Å². The van der Waals surface area contributed by atoms with Gasteiger partial charge in [-0.15, -0.1) is 0 Å². The Morgan fingerprint density at radius 1 is 1.10 bits per heavy atom. The second-order valence-corrected chi connectivity index (χ2v) is 7.64. The van der Waals surface area contributed by atoms with Crippen molar-refractivity contribution >= 4 is 29.9 Å². The predicted octanol–water partition coefficient (Wildman–Crippen LogP) is 0.0224. The van der Waals surface area contributed by atoms with Crippen LogP contribution in [0.1, 0.15) is 33.6 Å². The Morgan fingerprint density at radius 2 is 1.77 bits per heavy atom. The fraction of sp³-hybridized carbons (Fsp3) is 0.571. The molecular formula is C21H32N4O5. The molecule has 1 unspecified atom stereocenters. The Morgan fingerprint density at radius 3 is 2.37 bits per heavy atom. The predicted molar refractivity (Wildman–Crippen MR) is 112 cm³/mol. The third-order valence-electron chi connectivity index (χ3n) is 5.09. The van der Waals surface area contributed by atoms with Gasteiger partial charge in [0.15, 0.2) is 0 Å². The van der Waals surface area contributed by atoms with Crippen molar-refractivity contribution in [3.8, 4) is 0 Å². The fourth-order valence-electron chi connectivity index (χ4n) is 3.25. The largest absolute Gasteiger partial charge is 0.354 e. The molecule has 166 valence electrons. The Kier molecular flexibility index (Phi) is 9.94. The maximum atomic E-state index is 13.2. The van der Waals surface area contributed by atoms with Gasteiger partial charge in [-0.3, -0.25) is 24.0 Å². The van der Waals surface area contributed by atoms with E-state index in [1.54, 1.807) is 14.0 Å². The van der Waals surface area contributed by atoms with Crippen LogP contribution in [0.15, 0.2) is 24.3 Å². The molecule has 0 aromatic rings. The maximum Gasteiger partial charge on any atom is 0.246 e. The lowest BCUT2D eigenvalue weighted by Crippen LogP contribution is -2.59. The van der Waals surface area contributed by atoms with E-state index in [-0.39, 0.29) is 23.6 Å². The number of rotatable bonds is 5. The van der Waals surface area contributed by atoms with E-state index >= 15 is 0 Å². The molecule has 0 saturated carbocycles. The Hall–Kier alpha value is -2.97. The maximum absolute atomic E-state index is 13.2. The molecule has 30 heavy (non-hydrogen) atoms. The molecule has 1 aliphatic heterocycles. The van der Waals surface area contributed by atoms with Gasteiger partial charge < -0.3 is 20.4 Å². The summed E-state index contributed by atoms with van der Waals surface area (Å²) in [4.78, 5) is 63.7. The number of carbonyl (C=O) groups is 5. The zero-order valence-electron chi connectivity index (χ0n) is 18.3. The number of carbonyl (C=O) groups excluding carboxylic acids is 5. The lowest BCUT2D eigenvalue weighted by Gasteiger charge is -2.37. The number of hydrogen-bond acceptors (Lipinski definition) is 5. The summed E-state index contributed by atoms with van der Waals surface area (Å²) in [5.41, 5.74) is 0. The highest BCUT2D eigenvalue weighted by molar-refractivity contribution is 5.96. The molecule has 0 aromatic carbocycles. The molecule has 1 saturated heterocycles. The molecule has 1 heterocycles. The Labute approximate surface area is 177 Å². The van der Waals surface area contributed by atoms with Crippen molar-refractivity contribution in [2.45, 2.75) is 51.7 Å². The highest BCUT2D eigenvalue weighted by Gasteiger charge is 2.37. The van der Waals surface area contributed by atoms with E-state index in [4.69, 9.17) is 0 Å². The zero-order valence-corrected chi connectivity index (χ0v) is 18.3. The molecule has 0 bridgehead atoms. The average molecular weight is 421 g/mol. The van der Waals surface area contributed by atoms with Gasteiger partial charge in [0.1, 0.15) is 24.4 Å². The number of allylic oxidation sites excluding steroid dienone is 3. The monoisotopic (exact) mass is 420 g/mol. The molecule has 0 aliphatic carbocycles. The molecule has 0 radical (unpaired) electrons. The van der Waals surface area contributed by atoms with Gasteiger partial charge >= 0.3 is 0 Å². The van der Waals surface area contributed by atoms with Crippen LogP contribution in [0.4, 0.5) is 0 Å². The van der Waals surface area contributed by atoms with Gasteiger partial charge in [-0.1, -0.05) is 26.0 Å². The molecule has 0 spiro atoms. The zero-order chi connectivity index (χ0) is 22.8. The SMILES string of the molecule is CC(C)C1C(=O)N(C)[C@@H](C)C(=O)NCCC[C@H](NC(=O)/C=C/C=C/C=O)C(=O)N1C. The van der Waals surface area contributed by atoms with E-state index < -0.39 is 24.0 Å². The molecular weight excluding hydrogens is 388 g/mol. The number of likely N-dealkylation sites (N-methyl/N-ethyl adjacent to an activating group) is 2. The van der Waals surface area contributed by atoms with Crippen LogP contribution in [-0.4, -0.2) is 78.5 Å². The van der Waals surface area contributed by atoms with Crippen molar-refractivity contribution < 1.29 is 24.0 Å². The second kappa shape index (κ2) is 11.9. The second-order valence-electron chi connectivity index (χ2n) is 7.64. The standard InChI is InChI=1S/C21H32N4O5/c1-14(2)18-21(30)24(4)15(3)19(28)22-12-9-10-16(20(29)25(18)5)23-17(27)11-7-6-8-13-26/h6-8,11,13-16,18H,9-10,12H2,1-5H3,(H,22,28)(H,23,27)/b8-6+,11-7+/t15-,16-,18?/m0/s1. The highest BCUT2D eigenvalue weighted by Crippen LogP contribution is 2.17. The van der Waals surface area contributed by atoms with E-state index in [0.29, 0.717) is 25.7 Å². The minimum atomic E-state index is -0.852. The number of amides is 4. The van der Waals surface area contributed by atoms with Crippen molar-refractivity contribution in [2.75, 3.05) is 20.6 Å². The van der Waals surface area contributed by atoms with E-state index in [2.05, 4.69) is 10.6 Å². The van der Waals surface area contributed by atoms with E-state index in [0.717, 1.165) is 0 Å². The van der Waals surface area contributed by atoms with Gasteiger partial charge in [0.05, 0.1) is 0 Å². The lowest BCUT2D eigenvalue weighted by molar-refractivity contribution is -0.150. The molecule has 3 atom stereocenters. The normalized spacial score (nSPS) is 24.7. The average Bonchev–Trinajstić information content (AvgIpc) is 2.70. The molecule has 9 heteroatoms. The summed E-state index contributed by atoms with van der Waals surface area (Å²) in [7, 11) is 3.08. The summed E-state index contributed by atoms with van der Waals surface area (Å²) in [5, 5.41) is 5.42. The first kappa shape index (κ1) is 25.1. The Bertz CT molecular complexity index is 716. The third kappa shape index (κ3) is 6.82. The minimum Gasteiger partial charge on any atom is -0.354 e. The number of aldehydes is 1. The quantitative estimate of drug-likeness (QED) is 0.370. The molecule has 1 aliphatic rings. The van der Waals surface area contributed by atoms with Crippen molar-refractivity contribution in [3.05, 3.63) is 24.3 Å². The van der Waals surface area contributed by atoms with Crippen LogP contribution in [0, 0.1) is 5.92 Å². The number of hydrogen-bond donors (Lipinski definition) is 2. The summed E-state index contributed by atoms with van der Waals surface area (Å²) in [5.74, 6) is -1.68. The molecule has 1 rings (SSSR count). The number of nitrogens with one attached hydrogen (secondary N) is 2. The summed E-state index contributed by atoms with van der Waals surface area (Å²) >= 11 is 0. The first-order valence-electron chi connectivity index (χ1n) is 10.0. The first-order chi connectivity index (χ1) is 14.1. The lowest BCUT2D eigenvalue weighted by atomic mass is 9.98. The van der Waals surface area contributed by atoms with Crippen molar-refractivity contribution in [3.63, 3.8) is 0 Å². The summed E-state index contributed by atoms with van der Waals surface area (Å²) in [6.45, 7) is 5.62. The van der Waals surface area contributed by atoms with Gasteiger partial charge in [0.2, 0.25) is 23.6 Å². The van der Waals surface area contributed by atoms with Crippen molar-refractivity contribution in [2.24, 2.45) is 5.92 Å². The Balaban J connectivity index is 3.14. The van der Waals surface area contributed by atoms with Crippen LogP contribution >= 0.6 is 0 Å². The minimum absolute atomic E-state index is 0.197. The van der Waals surface area contributed by atoms with E-state index in [1.807, 2.05) is 13.8 Å². The molecule has 2 N–H and O–H groups in total. The molecule has 1 fully saturated rings. The van der Waals surface area contributed by atoms with Crippen LogP contribution in [0.2, 0.25) is 0 Å². The van der Waals surface area contributed by atoms with Crippen molar-refractivity contribution in [1.82, 2.24) is 20.4 Å². The van der Waals surface area contributed by atoms with Crippen LogP contribution in [0.5, 0.6) is 0 Å². The van der Waals surface area contributed by atoms with Crippen LogP contribution < -0.4 is 10.6 Å². The van der Waals surface area contributed by atoms with Crippen molar-refractivity contribution in [1.29, 1.82) is 0 Å². The van der Waals surface area contributed by atoms with Gasteiger partial charge in [0.25, 0.3) is 0 Å². The summed E-state index contributed by atoms with van der Waals surface area (Å²) in [6, 6.07) is -2.29. The van der Waals surface area contributed by atoms with Gasteiger partial charge in [0, 0.05) is 26.7 Å². The first-order valence-corrected chi connectivity index (χ1v) is 10.0.